The molecule has 0 aromatic heterocycles. The van der Waals surface area contributed by atoms with Gasteiger partial charge in [-0.2, -0.15) is 0 Å². The van der Waals surface area contributed by atoms with E-state index in [0.717, 1.165) is 18.8 Å². The molecule has 0 saturated carbocycles. The van der Waals surface area contributed by atoms with Gasteiger partial charge in [0.25, 0.3) is 0 Å². The Morgan fingerprint density at radius 3 is 2.61 bits per heavy atom. The van der Waals surface area contributed by atoms with E-state index in [0.29, 0.717) is 0 Å². The van der Waals surface area contributed by atoms with Crippen molar-refractivity contribution in [3.63, 3.8) is 0 Å². The lowest BCUT2D eigenvalue weighted by Crippen LogP contribution is -2.40. The number of likely N-dealkylation sites (N-methyl/N-ethyl adjacent to an activating group) is 1. The first-order chi connectivity index (χ1) is 8.61. The lowest BCUT2D eigenvalue weighted by molar-refractivity contribution is 0.108. The molecule has 0 bridgehead atoms. The molecule has 1 aromatic carbocycles. The molecule has 0 spiro atoms. The molecular formula is C16H25NO. The number of ether oxygens (including phenoxy) is 1. The Hall–Kier alpha value is -1.02. The highest BCUT2D eigenvalue weighted by molar-refractivity contribution is 5.37. The minimum atomic E-state index is -0.154. The van der Waals surface area contributed by atoms with Crippen LogP contribution in [0.2, 0.25) is 0 Å². The Bertz CT molecular complexity index is 398. The van der Waals surface area contributed by atoms with E-state index in [1.165, 1.54) is 36.8 Å². The van der Waals surface area contributed by atoms with Gasteiger partial charge in [-0.15, -0.1) is 0 Å². The van der Waals surface area contributed by atoms with E-state index in [1.807, 2.05) is 0 Å². The first-order valence-corrected chi connectivity index (χ1v) is 7.12. The lowest BCUT2D eigenvalue weighted by Gasteiger charge is -2.27. The van der Waals surface area contributed by atoms with Gasteiger partial charge >= 0.3 is 0 Å². The molecule has 2 rings (SSSR count). The average Bonchev–Trinajstić information content (AvgIpc) is 2.36. The van der Waals surface area contributed by atoms with Crippen LogP contribution >= 0.6 is 0 Å². The molecule has 2 nitrogen and oxygen atoms in total. The molecule has 0 fully saturated rings. The highest BCUT2D eigenvalue weighted by atomic mass is 16.5. The Morgan fingerprint density at radius 1 is 1.17 bits per heavy atom. The molecule has 0 amide bonds. The molecule has 1 aromatic rings. The van der Waals surface area contributed by atoms with Crippen LogP contribution in [0, 0.1) is 0 Å². The topological polar surface area (TPSA) is 21.3 Å². The van der Waals surface area contributed by atoms with Crippen molar-refractivity contribution in [3.8, 4) is 5.75 Å². The fraction of sp³-hybridized carbons (Fsp3) is 0.625. The maximum atomic E-state index is 6.11. The van der Waals surface area contributed by atoms with Crippen molar-refractivity contribution in [1.82, 2.24) is 5.32 Å². The van der Waals surface area contributed by atoms with Crippen LogP contribution in [-0.2, 0) is 12.8 Å². The first-order valence-electron chi connectivity index (χ1n) is 7.12. The standard InChI is InChI=1S/C16H25NO/c1-4-17-12-16(2,3)18-15-10-9-13-7-5-6-8-14(13)11-15/h9-11,17H,4-8,12H2,1-3H3. The maximum Gasteiger partial charge on any atom is 0.120 e. The maximum absolute atomic E-state index is 6.11. The number of rotatable bonds is 5. The second-order valence-corrected chi connectivity index (χ2v) is 5.78. The second kappa shape index (κ2) is 5.75. The Morgan fingerprint density at radius 2 is 1.89 bits per heavy atom. The number of hydrogen-bond donors (Lipinski definition) is 1. The molecule has 1 N–H and O–H groups in total. The van der Waals surface area contributed by atoms with Crippen molar-refractivity contribution < 1.29 is 4.74 Å². The predicted molar refractivity (Wildman–Crippen MR) is 76.3 cm³/mol. The van der Waals surface area contributed by atoms with E-state index in [2.05, 4.69) is 44.3 Å². The van der Waals surface area contributed by atoms with Crippen molar-refractivity contribution in [2.24, 2.45) is 0 Å². The van der Waals surface area contributed by atoms with E-state index in [-0.39, 0.29) is 5.60 Å². The monoisotopic (exact) mass is 247 g/mol. The largest absolute Gasteiger partial charge is 0.487 e. The zero-order valence-electron chi connectivity index (χ0n) is 11.9. The number of nitrogens with one attached hydrogen (secondary N) is 1. The number of fused-ring (bicyclic) bond motifs is 1. The van der Waals surface area contributed by atoms with E-state index < -0.39 is 0 Å². The third-order valence-electron chi connectivity index (χ3n) is 3.51. The van der Waals surface area contributed by atoms with Gasteiger partial charge in [0.2, 0.25) is 0 Å². The summed E-state index contributed by atoms with van der Waals surface area (Å²) in [5, 5.41) is 3.35. The average molecular weight is 247 g/mol. The second-order valence-electron chi connectivity index (χ2n) is 5.78. The van der Waals surface area contributed by atoms with E-state index in [1.54, 1.807) is 0 Å². The summed E-state index contributed by atoms with van der Waals surface area (Å²) in [6.07, 6.45) is 5.09. The minimum Gasteiger partial charge on any atom is -0.487 e. The molecule has 0 saturated heterocycles. The van der Waals surface area contributed by atoms with Gasteiger partial charge < -0.3 is 10.1 Å². The summed E-state index contributed by atoms with van der Waals surface area (Å²) in [6, 6.07) is 6.60. The number of aryl methyl sites for hydroxylation is 2. The van der Waals surface area contributed by atoms with Gasteiger partial charge in [0.05, 0.1) is 0 Å². The van der Waals surface area contributed by atoms with E-state index in [4.69, 9.17) is 4.74 Å². The number of benzene rings is 1. The van der Waals surface area contributed by atoms with Crippen LogP contribution in [0.25, 0.3) is 0 Å². The van der Waals surface area contributed by atoms with Crippen molar-refractivity contribution in [2.75, 3.05) is 13.1 Å². The quantitative estimate of drug-likeness (QED) is 0.861. The Kier molecular flexibility index (Phi) is 4.28. The molecular weight excluding hydrogens is 222 g/mol. The predicted octanol–water partition coefficient (Wildman–Crippen LogP) is 3.33. The van der Waals surface area contributed by atoms with Gasteiger partial charge in [-0.05, 0) is 69.3 Å². The van der Waals surface area contributed by atoms with Gasteiger partial charge in [-0.25, -0.2) is 0 Å². The van der Waals surface area contributed by atoms with Crippen LogP contribution in [0.3, 0.4) is 0 Å². The highest BCUT2D eigenvalue weighted by Gasteiger charge is 2.20. The molecule has 2 heteroatoms. The molecule has 0 heterocycles. The smallest absolute Gasteiger partial charge is 0.120 e. The summed E-state index contributed by atoms with van der Waals surface area (Å²) < 4.78 is 6.11. The van der Waals surface area contributed by atoms with Gasteiger partial charge in [0, 0.05) is 6.54 Å². The van der Waals surface area contributed by atoms with Crippen molar-refractivity contribution >= 4 is 0 Å². The first kappa shape index (κ1) is 13.4. The zero-order valence-corrected chi connectivity index (χ0v) is 11.9. The summed E-state index contributed by atoms with van der Waals surface area (Å²) in [6.45, 7) is 8.25. The zero-order chi connectivity index (χ0) is 13.0. The summed E-state index contributed by atoms with van der Waals surface area (Å²) in [4.78, 5) is 0. The van der Waals surface area contributed by atoms with Crippen LogP contribution < -0.4 is 10.1 Å². The lowest BCUT2D eigenvalue weighted by atomic mass is 9.91. The van der Waals surface area contributed by atoms with Crippen LogP contribution in [-0.4, -0.2) is 18.7 Å². The fourth-order valence-corrected chi connectivity index (χ4v) is 2.55. The summed E-state index contributed by atoms with van der Waals surface area (Å²) >= 11 is 0. The molecule has 0 aliphatic heterocycles. The van der Waals surface area contributed by atoms with Gasteiger partial charge in [0.15, 0.2) is 0 Å². The Labute approximate surface area is 111 Å². The molecule has 1 aliphatic carbocycles. The number of hydrogen-bond acceptors (Lipinski definition) is 2. The Balaban J connectivity index is 2.05. The molecule has 18 heavy (non-hydrogen) atoms. The molecule has 1 aliphatic rings. The van der Waals surface area contributed by atoms with Crippen LogP contribution in [0.15, 0.2) is 18.2 Å². The SMILES string of the molecule is CCNCC(C)(C)Oc1ccc2c(c1)CCCC2. The van der Waals surface area contributed by atoms with E-state index >= 15 is 0 Å². The van der Waals surface area contributed by atoms with Gasteiger partial charge in [0.1, 0.15) is 11.4 Å². The van der Waals surface area contributed by atoms with Crippen LogP contribution in [0.1, 0.15) is 44.7 Å². The summed E-state index contributed by atoms with van der Waals surface area (Å²) in [5.41, 5.74) is 2.84. The van der Waals surface area contributed by atoms with Gasteiger partial charge in [-0.1, -0.05) is 13.0 Å². The summed E-state index contributed by atoms with van der Waals surface area (Å²) in [7, 11) is 0. The van der Waals surface area contributed by atoms with Crippen molar-refractivity contribution in [2.45, 2.75) is 52.1 Å². The van der Waals surface area contributed by atoms with Crippen LogP contribution in [0.5, 0.6) is 5.75 Å². The molecule has 0 atom stereocenters. The van der Waals surface area contributed by atoms with Crippen LogP contribution in [0.4, 0.5) is 0 Å². The highest BCUT2D eigenvalue weighted by Crippen LogP contribution is 2.27. The normalized spacial score (nSPS) is 15.3. The van der Waals surface area contributed by atoms with Crippen molar-refractivity contribution in [1.29, 1.82) is 0 Å². The molecule has 0 radical (unpaired) electrons. The third kappa shape index (κ3) is 3.49. The molecule has 100 valence electrons. The summed E-state index contributed by atoms with van der Waals surface area (Å²) in [5.74, 6) is 1.01. The van der Waals surface area contributed by atoms with Crippen molar-refractivity contribution in [3.05, 3.63) is 29.3 Å². The minimum absolute atomic E-state index is 0.154. The molecule has 0 unspecified atom stereocenters. The van der Waals surface area contributed by atoms with E-state index in [9.17, 15) is 0 Å². The van der Waals surface area contributed by atoms with Gasteiger partial charge in [-0.3, -0.25) is 0 Å². The third-order valence-corrected chi connectivity index (χ3v) is 3.51. The fourth-order valence-electron chi connectivity index (χ4n) is 2.55.